The van der Waals surface area contributed by atoms with Crippen molar-refractivity contribution in [3.63, 3.8) is 0 Å². The fraction of sp³-hybridized carbons (Fsp3) is 0.200. The van der Waals surface area contributed by atoms with Crippen LogP contribution in [0.3, 0.4) is 0 Å². The van der Waals surface area contributed by atoms with Crippen LogP contribution in [0.1, 0.15) is 23.7 Å². The van der Waals surface area contributed by atoms with Gasteiger partial charge in [0.1, 0.15) is 6.61 Å². The Morgan fingerprint density at radius 2 is 2.00 bits per heavy atom. The molecule has 1 heterocycles. The first kappa shape index (κ1) is 19.0. The van der Waals surface area contributed by atoms with E-state index in [1.54, 1.807) is 12.4 Å². The number of hydrogen-bond acceptors (Lipinski definition) is 5. The van der Waals surface area contributed by atoms with Gasteiger partial charge in [-0.25, -0.2) is 9.66 Å². The highest BCUT2D eigenvalue weighted by Gasteiger charge is 2.12. The SMILES string of the molecule is CCOc1cc(C=Nn2cc(C)nc2N)cc(Br)c1OCc1ccccc1. The number of imidazole rings is 1. The highest BCUT2D eigenvalue weighted by Crippen LogP contribution is 2.37. The largest absolute Gasteiger partial charge is 0.490 e. The molecule has 0 unspecified atom stereocenters. The van der Waals surface area contributed by atoms with E-state index in [2.05, 4.69) is 26.0 Å². The normalized spacial score (nSPS) is 11.1. The summed E-state index contributed by atoms with van der Waals surface area (Å²) in [7, 11) is 0. The van der Waals surface area contributed by atoms with Crippen molar-refractivity contribution in [2.24, 2.45) is 5.10 Å². The number of halogens is 1. The number of ether oxygens (including phenoxy) is 2. The van der Waals surface area contributed by atoms with Gasteiger partial charge in [-0.2, -0.15) is 5.10 Å². The quantitative estimate of drug-likeness (QED) is 0.565. The van der Waals surface area contributed by atoms with Gasteiger partial charge >= 0.3 is 0 Å². The second-order valence-corrected chi connectivity index (χ2v) is 6.72. The molecule has 7 heteroatoms. The van der Waals surface area contributed by atoms with E-state index in [4.69, 9.17) is 15.2 Å². The molecule has 0 saturated heterocycles. The number of aromatic nitrogens is 2. The molecule has 0 aliphatic rings. The van der Waals surface area contributed by atoms with Gasteiger partial charge in [-0.15, -0.1) is 0 Å². The third-order valence-electron chi connectivity index (χ3n) is 3.72. The van der Waals surface area contributed by atoms with Gasteiger partial charge < -0.3 is 15.2 Å². The average molecular weight is 429 g/mol. The molecule has 140 valence electrons. The lowest BCUT2D eigenvalue weighted by atomic mass is 10.2. The molecular weight excluding hydrogens is 408 g/mol. The maximum atomic E-state index is 6.00. The summed E-state index contributed by atoms with van der Waals surface area (Å²) in [6, 6.07) is 13.8. The molecular formula is C20H21BrN4O2. The van der Waals surface area contributed by atoms with Crippen molar-refractivity contribution in [3.05, 3.63) is 70.0 Å². The first-order chi connectivity index (χ1) is 13.1. The molecule has 0 atom stereocenters. The minimum atomic E-state index is 0.343. The second-order valence-electron chi connectivity index (χ2n) is 5.87. The van der Waals surface area contributed by atoms with E-state index in [-0.39, 0.29) is 0 Å². The summed E-state index contributed by atoms with van der Waals surface area (Å²) in [6.45, 7) is 4.79. The number of rotatable bonds is 7. The Morgan fingerprint density at radius 3 is 2.67 bits per heavy atom. The van der Waals surface area contributed by atoms with Crippen molar-refractivity contribution in [1.82, 2.24) is 9.66 Å². The summed E-state index contributed by atoms with van der Waals surface area (Å²) in [6.07, 6.45) is 3.47. The molecule has 2 N–H and O–H groups in total. The van der Waals surface area contributed by atoms with Crippen molar-refractivity contribution in [2.75, 3.05) is 12.3 Å². The molecule has 3 rings (SSSR count). The van der Waals surface area contributed by atoms with E-state index in [1.807, 2.05) is 56.3 Å². The Morgan fingerprint density at radius 1 is 1.22 bits per heavy atom. The van der Waals surface area contributed by atoms with Gasteiger partial charge in [0.2, 0.25) is 5.95 Å². The predicted octanol–water partition coefficient (Wildman–Crippen LogP) is 4.40. The highest BCUT2D eigenvalue weighted by atomic mass is 79.9. The van der Waals surface area contributed by atoms with Crippen molar-refractivity contribution >= 4 is 28.1 Å². The summed E-state index contributed by atoms with van der Waals surface area (Å²) in [4.78, 5) is 4.13. The van der Waals surface area contributed by atoms with Crippen LogP contribution in [-0.2, 0) is 6.61 Å². The fourth-order valence-corrected chi connectivity index (χ4v) is 3.09. The van der Waals surface area contributed by atoms with Crippen molar-refractivity contribution in [1.29, 1.82) is 0 Å². The minimum absolute atomic E-state index is 0.343. The van der Waals surface area contributed by atoms with Gasteiger partial charge in [0.25, 0.3) is 0 Å². The van der Waals surface area contributed by atoms with Crippen LogP contribution in [0.4, 0.5) is 5.95 Å². The Balaban J connectivity index is 1.84. The first-order valence-corrected chi connectivity index (χ1v) is 9.35. The molecule has 2 aromatic carbocycles. The molecule has 3 aromatic rings. The van der Waals surface area contributed by atoms with Crippen LogP contribution in [0.15, 0.2) is 58.2 Å². The summed E-state index contributed by atoms with van der Waals surface area (Å²) in [5, 5.41) is 4.35. The van der Waals surface area contributed by atoms with Gasteiger partial charge in [0.05, 0.1) is 29.2 Å². The lowest BCUT2D eigenvalue weighted by Crippen LogP contribution is -2.02. The monoisotopic (exact) mass is 428 g/mol. The summed E-state index contributed by atoms with van der Waals surface area (Å²) in [5.41, 5.74) is 8.56. The number of hydrogen-bond donors (Lipinski definition) is 1. The van der Waals surface area contributed by atoms with Crippen LogP contribution in [0, 0.1) is 6.92 Å². The molecule has 1 aromatic heterocycles. The van der Waals surface area contributed by atoms with E-state index >= 15 is 0 Å². The molecule has 0 amide bonds. The van der Waals surface area contributed by atoms with E-state index in [1.165, 1.54) is 4.68 Å². The molecule has 0 saturated carbocycles. The summed E-state index contributed by atoms with van der Waals surface area (Å²) < 4.78 is 14.1. The van der Waals surface area contributed by atoms with Gasteiger partial charge in [-0.3, -0.25) is 0 Å². The van der Waals surface area contributed by atoms with E-state index < -0.39 is 0 Å². The molecule has 6 nitrogen and oxygen atoms in total. The summed E-state index contributed by atoms with van der Waals surface area (Å²) in [5.74, 6) is 1.66. The van der Waals surface area contributed by atoms with Crippen molar-refractivity contribution in [2.45, 2.75) is 20.5 Å². The van der Waals surface area contributed by atoms with Crippen molar-refractivity contribution < 1.29 is 9.47 Å². The van der Waals surface area contributed by atoms with Gasteiger partial charge in [0.15, 0.2) is 11.5 Å². The number of nitrogen functional groups attached to an aromatic ring is 1. The zero-order chi connectivity index (χ0) is 19.2. The van der Waals surface area contributed by atoms with Crippen molar-refractivity contribution in [3.8, 4) is 11.5 Å². The number of benzene rings is 2. The Kier molecular flexibility index (Phi) is 6.13. The standard InChI is InChI=1S/C20H21BrN4O2/c1-3-26-18-10-16(11-23-25-12-14(2)24-20(25)22)9-17(21)19(18)27-13-15-7-5-4-6-8-15/h4-12H,3,13H2,1-2H3,(H2,22,24). The number of aryl methyl sites for hydroxylation is 1. The van der Waals surface area contributed by atoms with Crippen LogP contribution < -0.4 is 15.2 Å². The van der Waals surface area contributed by atoms with E-state index in [9.17, 15) is 0 Å². The molecule has 0 fully saturated rings. The lowest BCUT2D eigenvalue weighted by Gasteiger charge is -2.14. The van der Waals surface area contributed by atoms with Crippen LogP contribution in [0.5, 0.6) is 11.5 Å². The van der Waals surface area contributed by atoms with Crippen LogP contribution >= 0.6 is 15.9 Å². The average Bonchev–Trinajstić information content (AvgIpc) is 2.97. The maximum absolute atomic E-state index is 6.00. The molecule has 0 radical (unpaired) electrons. The number of nitrogens with two attached hydrogens (primary N) is 1. The van der Waals surface area contributed by atoms with Gasteiger partial charge in [-0.1, -0.05) is 30.3 Å². The number of nitrogens with zero attached hydrogens (tertiary/aromatic N) is 3. The first-order valence-electron chi connectivity index (χ1n) is 8.55. The smallest absolute Gasteiger partial charge is 0.221 e. The minimum Gasteiger partial charge on any atom is -0.490 e. The van der Waals surface area contributed by atoms with Gasteiger partial charge in [0, 0.05) is 0 Å². The summed E-state index contributed by atoms with van der Waals surface area (Å²) >= 11 is 3.58. The Bertz CT molecular complexity index is 939. The molecule has 0 bridgehead atoms. The van der Waals surface area contributed by atoms with Crippen LogP contribution in [-0.4, -0.2) is 22.5 Å². The highest BCUT2D eigenvalue weighted by molar-refractivity contribution is 9.10. The maximum Gasteiger partial charge on any atom is 0.221 e. The van der Waals surface area contributed by atoms with Gasteiger partial charge in [-0.05, 0) is 53.0 Å². The third-order valence-corrected chi connectivity index (χ3v) is 4.31. The fourth-order valence-electron chi connectivity index (χ4n) is 2.52. The predicted molar refractivity (Wildman–Crippen MR) is 110 cm³/mol. The zero-order valence-corrected chi connectivity index (χ0v) is 16.8. The van der Waals surface area contributed by atoms with Crippen LogP contribution in [0.25, 0.3) is 0 Å². The molecule has 0 spiro atoms. The topological polar surface area (TPSA) is 74.7 Å². The molecule has 0 aliphatic heterocycles. The molecule has 27 heavy (non-hydrogen) atoms. The zero-order valence-electron chi connectivity index (χ0n) is 15.2. The third kappa shape index (κ3) is 4.89. The Hall–Kier alpha value is -2.80. The Labute approximate surface area is 166 Å². The second kappa shape index (κ2) is 8.73. The molecule has 0 aliphatic carbocycles. The van der Waals surface area contributed by atoms with Crippen LogP contribution in [0.2, 0.25) is 0 Å². The van der Waals surface area contributed by atoms with E-state index in [0.717, 1.165) is 21.3 Å². The number of anilines is 1. The van der Waals surface area contributed by atoms with E-state index in [0.29, 0.717) is 30.7 Å². The lowest BCUT2D eigenvalue weighted by molar-refractivity contribution is 0.267.